The fourth-order valence-corrected chi connectivity index (χ4v) is 2.89. The predicted octanol–water partition coefficient (Wildman–Crippen LogP) is 1.86. The van der Waals surface area contributed by atoms with E-state index in [1.54, 1.807) is 13.8 Å². The Morgan fingerprint density at radius 3 is 2.55 bits per heavy atom. The topological polar surface area (TPSA) is 92.7 Å². The molecule has 6 nitrogen and oxygen atoms in total. The summed E-state index contributed by atoms with van der Waals surface area (Å²) in [6, 6.07) is 3.58. The minimum Gasteiger partial charge on any atom is -0.493 e. The summed E-state index contributed by atoms with van der Waals surface area (Å²) in [6.45, 7) is 5.62. The first-order valence-electron chi connectivity index (χ1n) is 6.34. The molecule has 0 aromatic heterocycles. The maximum absolute atomic E-state index is 12.1. The molecule has 2 N–H and O–H groups in total. The van der Waals surface area contributed by atoms with Crippen LogP contribution in [0.25, 0.3) is 0 Å². The first-order valence-corrected chi connectivity index (χ1v) is 7.82. The van der Waals surface area contributed by atoms with Gasteiger partial charge >= 0.3 is 5.97 Å². The van der Waals surface area contributed by atoms with E-state index in [1.165, 1.54) is 12.1 Å². The summed E-state index contributed by atoms with van der Waals surface area (Å²) in [5.74, 6) is -1.07. The minimum atomic E-state index is -3.73. The van der Waals surface area contributed by atoms with Crippen LogP contribution in [-0.2, 0) is 10.0 Å². The highest BCUT2D eigenvalue weighted by Gasteiger charge is 2.20. The number of hydrogen-bond acceptors (Lipinski definition) is 4. The molecule has 0 saturated carbocycles. The van der Waals surface area contributed by atoms with Crippen molar-refractivity contribution in [2.75, 3.05) is 6.61 Å². The Morgan fingerprint density at radius 1 is 1.40 bits per heavy atom. The van der Waals surface area contributed by atoms with Gasteiger partial charge in [0.1, 0.15) is 11.3 Å². The van der Waals surface area contributed by atoms with E-state index in [9.17, 15) is 13.2 Å². The molecule has 0 fully saturated rings. The van der Waals surface area contributed by atoms with Crippen LogP contribution in [0.5, 0.6) is 5.75 Å². The van der Waals surface area contributed by atoms with Crippen molar-refractivity contribution in [2.24, 2.45) is 0 Å². The molecule has 1 aromatic carbocycles. The van der Waals surface area contributed by atoms with Crippen LogP contribution in [0.15, 0.2) is 23.1 Å². The number of benzene rings is 1. The van der Waals surface area contributed by atoms with Gasteiger partial charge in [-0.3, -0.25) is 0 Å². The first-order chi connectivity index (χ1) is 9.31. The van der Waals surface area contributed by atoms with E-state index >= 15 is 0 Å². The van der Waals surface area contributed by atoms with Crippen molar-refractivity contribution in [3.05, 3.63) is 23.8 Å². The Bertz CT molecular complexity index is 582. The Morgan fingerprint density at radius 2 is 2.05 bits per heavy atom. The largest absolute Gasteiger partial charge is 0.493 e. The third kappa shape index (κ3) is 3.94. The fraction of sp³-hybridized carbons (Fsp3) is 0.462. The lowest BCUT2D eigenvalue weighted by molar-refractivity contribution is 0.0692. The van der Waals surface area contributed by atoms with E-state index < -0.39 is 16.0 Å². The SMILES string of the molecule is CCOc1ccc(S(=O)(=O)NC(C)CC)cc1C(=O)O. The van der Waals surface area contributed by atoms with Crippen LogP contribution < -0.4 is 9.46 Å². The molecular weight excluding hydrogens is 282 g/mol. The van der Waals surface area contributed by atoms with E-state index in [2.05, 4.69) is 4.72 Å². The Labute approximate surface area is 118 Å². The zero-order valence-corrected chi connectivity index (χ0v) is 12.5. The molecule has 1 aromatic rings. The highest BCUT2D eigenvalue weighted by atomic mass is 32.2. The van der Waals surface area contributed by atoms with Crippen LogP contribution in [0, 0.1) is 0 Å². The molecule has 0 amide bonds. The van der Waals surface area contributed by atoms with Crippen LogP contribution in [0.2, 0.25) is 0 Å². The van der Waals surface area contributed by atoms with Gasteiger partial charge in [0.05, 0.1) is 11.5 Å². The van der Waals surface area contributed by atoms with Gasteiger partial charge in [0.15, 0.2) is 0 Å². The number of sulfonamides is 1. The molecule has 0 aliphatic heterocycles. The summed E-state index contributed by atoms with van der Waals surface area (Å²) < 4.78 is 31.9. The predicted molar refractivity (Wildman–Crippen MR) is 74.6 cm³/mol. The summed E-state index contributed by atoms with van der Waals surface area (Å²) in [5.41, 5.74) is -0.168. The molecule has 0 bridgehead atoms. The van der Waals surface area contributed by atoms with Crippen molar-refractivity contribution in [3.8, 4) is 5.75 Å². The van der Waals surface area contributed by atoms with E-state index in [4.69, 9.17) is 9.84 Å². The van der Waals surface area contributed by atoms with Gasteiger partial charge < -0.3 is 9.84 Å². The molecule has 0 spiro atoms. The summed E-state index contributed by atoms with van der Waals surface area (Å²) in [7, 11) is -3.73. The number of nitrogens with one attached hydrogen (secondary N) is 1. The van der Waals surface area contributed by atoms with E-state index in [-0.39, 0.29) is 22.3 Å². The van der Waals surface area contributed by atoms with Crippen molar-refractivity contribution in [1.82, 2.24) is 4.72 Å². The average Bonchev–Trinajstić information content (AvgIpc) is 2.38. The second-order valence-electron chi connectivity index (χ2n) is 4.33. The Hall–Kier alpha value is -1.60. The number of aromatic carboxylic acids is 1. The molecule has 1 atom stereocenters. The lowest BCUT2D eigenvalue weighted by Gasteiger charge is -2.13. The number of carbonyl (C=O) groups is 1. The third-order valence-electron chi connectivity index (χ3n) is 2.76. The Kier molecular flexibility index (Phi) is 5.52. The number of carboxylic acid groups (broad SMARTS) is 1. The molecule has 112 valence electrons. The zero-order valence-electron chi connectivity index (χ0n) is 11.7. The lowest BCUT2D eigenvalue weighted by Crippen LogP contribution is -2.32. The molecular formula is C13H19NO5S. The van der Waals surface area contributed by atoms with Crippen molar-refractivity contribution in [2.45, 2.75) is 38.1 Å². The fourth-order valence-electron chi connectivity index (χ4n) is 1.54. The normalized spacial score (nSPS) is 12.9. The van der Waals surface area contributed by atoms with Crippen LogP contribution in [-0.4, -0.2) is 32.1 Å². The van der Waals surface area contributed by atoms with Crippen LogP contribution in [0.4, 0.5) is 0 Å². The Balaban J connectivity index is 3.20. The van der Waals surface area contributed by atoms with Gasteiger partial charge in [-0.25, -0.2) is 17.9 Å². The van der Waals surface area contributed by atoms with Crippen molar-refractivity contribution in [1.29, 1.82) is 0 Å². The zero-order chi connectivity index (χ0) is 15.3. The molecule has 0 aliphatic carbocycles. The van der Waals surface area contributed by atoms with Gasteiger partial charge in [0.25, 0.3) is 0 Å². The molecule has 0 radical (unpaired) electrons. The first kappa shape index (κ1) is 16.5. The average molecular weight is 301 g/mol. The highest BCUT2D eigenvalue weighted by molar-refractivity contribution is 7.89. The molecule has 0 heterocycles. The van der Waals surface area contributed by atoms with Crippen LogP contribution in [0.1, 0.15) is 37.6 Å². The van der Waals surface area contributed by atoms with Gasteiger partial charge in [-0.1, -0.05) is 6.92 Å². The number of rotatable bonds is 7. The second kappa shape index (κ2) is 6.71. The maximum atomic E-state index is 12.1. The van der Waals surface area contributed by atoms with Gasteiger partial charge in [0, 0.05) is 6.04 Å². The lowest BCUT2D eigenvalue weighted by atomic mass is 10.2. The molecule has 0 saturated heterocycles. The minimum absolute atomic E-state index is 0.0846. The van der Waals surface area contributed by atoms with Crippen molar-refractivity contribution < 1.29 is 23.1 Å². The van der Waals surface area contributed by atoms with Crippen LogP contribution >= 0.6 is 0 Å². The molecule has 1 rings (SSSR count). The van der Waals surface area contributed by atoms with E-state index in [0.717, 1.165) is 6.07 Å². The molecule has 1 unspecified atom stereocenters. The van der Waals surface area contributed by atoms with Gasteiger partial charge in [-0.2, -0.15) is 0 Å². The monoisotopic (exact) mass is 301 g/mol. The molecule has 20 heavy (non-hydrogen) atoms. The smallest absolute Gasteiger partial charge is 0.339 e. The summed E-state index contributed by atoms with van der Waals surface area (Å²) >= 11 is 0. The number of hydrogen-bond donors (Lipinski definition) is 2. The van der Waals surface area contributed by atoms with Gasteiger partial charge in [-0.05, 0) is 38.5 Å². The van der Waals surface area contributed by atoms with Crippen molar-refractivity contribution >= 4 is 16.0 Å². The van der Waals surface area contributed by atoms with Gasteiger partial charge in [-0.15, -0.1) is 0 Å². The number of ether oxygens (including phenoxy) is 1. The highest BCUT2D eigenvalue weighted by Crippen LogP contribution is 2.23. The van der Waals surface area contributed by atoms with Crippen molar-refractivity contribution in [3.63, 3.8) is 0 Å². The maximum Gasteiger partial charge on any atom is 0.339 e. The second-order valence-corrected chi connectivity index (χ2v) is 6.04. The molecule has 7 heteroatoms. The van der Waals surface area contributed by atoms with Crippen LogP contribution in [0.3, 0.4) is 0 Å². The summed E-state index contributed by atoms with van der Waals surface area (Å²) in [5, 5.41) is 9.12. The standard InChI is InChI=1S/C13H19NO5S/c1-4-9(3)14-20(17,18)10-6-7-12(19-5-2)11(8-10)13(15)16/h6-9,14H,4-5H2,1-3H3,(H,15,16). The number of carboxylic acids is 1. The summed E-state index contributed by atoms with van der Waals surface area (Å²) in [4.78, 5) is 11.1. The van der Waals surface area contributed by atoms with Gasteiger partial charge in [0.2, 0.25) is 10.0 Å². The quantitative estimate of drug-likeness (QED) is 0.802. The van der Waals surface area contributed by atoms with E-state index in [1.807, 2.05) is 6.92 Å². The van der Waals surface area contributed by atoms with E-state index in [0.29, 0.717) is 13.0 Å². The third-order valence-corrected chi connectivity index (χ3v) is 4.35. The molecule has 0 aliphatic rings. The summed E-state index contributed by atoms with van der Waals surface area (Å²) in [6.07, 6.45) is 0.641.